The molecule has 0 aliphatic heterocycles. The van der Waals surface area contributed by atoms with E-state index in [1.165, 1.54) is 0 Å². The van der Waals surface area contributed by atoms with Gasteiger partial charge in [0, 0.05) is 13.2 Å². The van der Waals surface area contributed by atoms with Crippen LogP contribution in [0.1, 0.15) is 19.8 Å². The fraction of sp³-hybridized carbons (Fsp3) is 1.00. The average molecular weight is 161 g/mol. The summed E-state index contributed by atoms with van der Waals surface area (Å²) >= 11 is 0. The highest BCUT2D eigenvalue weighted by molar-refractivity contribution is 4.59. The van der Waals surface area contributed by atoms with Gasteiger partial charge in [-0.05, 0) is 18.9 Å². The summed E-state index contributed by atoms with van der Waals surface area (Å²) in [5, 5.41) is 20.2. The normalized spacial score (nSPS) is 13.4. The van der Waals surface area contributed by atoms with Crippen LogP contribution in [0.5, 0.6) is 0 Å². The largest absolute Gasteiger partial charge is 0.396 e. The van der Waals surface area contributed by atoms with Crippen molar-refractivity contribution < 1.29 is 10.2 Å². The van der Waals surface area contributed by atoms with Gasteiger partial charge in [0.25, 0.3) is 0 Å². The lowest BCUT2D eigenvalue weighted by Crippen LogP contribution is -2.25. The van der Waals surface area contributed by atoms with Gasteiger partial charge in [-0.1, -0.05) is 13.3 Å². The molecule has 1 atom stereocenters. The van der Waals surface area contributed by atoms with E-state index >= 15 is 0 Å². The highest BCUT2D eigenvalue weighted by Gasteiger charge is 2.03. The minimum absolute atomic E-state index is 0.190. The number of rotatable bonds is 7. The maximum Gasteiger partial charge on any atom is 0.0555 e. The van der Waals surface area contributed by atoms with Crippen LogP contribution in [0.2, 0.25) is 0 Å². The molecule has 0 saturated carbocycles. The molecule has 0 bridgehead atoms. The molecule has 3 N–H and O–H groups in total. The molecule has 0 aromatic heterocycles. The van der Waals surface area contributed by atoms with E-state index in [0.29, 0.717) is 12.5 Å². The predicted octanol–water partition coefficient (Wildman–Crippen LogP) is -0.0231. The van der Waals surface area contributed by atoms with E-state index in [1.807, 2.05) is 0 Å². The Morgan fingerprint density at radius 2 is 2.00 bits per heavy atom. The van der Waals surface area contributed by atoms with Gasteiger partial charge in [-0.15, -0.1) is 0 Å². The molecule has 0 aliphatic carbocycles. The Bertz CT molecular complexity index is 78.5. The summed E-state index contributed by atoms with van der Waals surface area (Å²) in [5.41, 5.74) is 0. The molecule has 0 heterocycles. The maximum atomic E-state index is 8.65. The average Bonchev–Trinajstić information content (AvgIpc) is 2.03. The smallest absolute Gasteiger partial charge is 0.0555 e. The number of nitrogens with one attached hydrogen (secondary N) is 1. The molecule has 0 aliphatic rings. The lowest BCUT2D eigenvalue weighted by Gasteiger charge is -2.13. The van der Waals surface area contributed by atoms with Gasteiger partial charge in [-0.3, -0.25) is 0 Å². The number of hydrogen-bond acceptors (Lipinski definition) is 3. The number of aliphatic hydroxyl groups excluding tert-OH is 2. The van der Waals surface area contributed by atoms with Crippen molar-refractivity contribution >= 4 is 0 Å². The van der Waals surface area contributed by atoms with Crippen LogP contribution in [0.15, 0.2) is 0 Å². The van der Waals surface area contributed by atoms with Crippen molar-refractivity contribution in [2.75, 3.05) is 26.3 Å². The Kier molecular flexibility index (Phi) is 7.89. The van der Waals surface area contributed by atoms with Crippen LogP contribution in [-0.4, -0.2) is 36.5 Å². The third-order valence-electron chi connectivity index (χ3n) is 1.84. The molecule has 0 amide bonds. The molecule has 3 nitrogen and oxygen atoms in total. The van der Waals surface area contributed by atoms with Crippen LogP contribution in [-0.2, 0) is 0 Å². The molecular formula is C8H19NO2. The minimum Gasteiger partial charge on any atom is -0.396 e. The second-order valence-corrected chi connectivity index (χ2v) is 2.71. The van der Waals surface area contributed by atoms with Gasteiger partial charge in [0.15, 0.2) is 0 Å². The zero-order valence-corrected chi connectivity index (χ0v) is 7.21. The van der Waals surface area contributed by atoms with Gasteiger partial charge in [0.05, 0.1) is 6.61 Å². The summed E-state index contributed by atoms with van der Waals surface area (Å²) < 4.78 is 0. The van der Waals surface area contributed by atoms with E-state index in [0.717, 1.165) is 19.4 Å². The molecule has 0 radical (unpaired) electrons. The second kappa shape index (κ2) is 7.98. The summed E-state index contributed by atoms with van der Waals surface area (Å²) in [6.45, 7) is 4.12. The summed E-state index contributed by atoms with van der Waals surface area (Å²) in [5.74, 6) is 0.548. The van der Waals surface area contributed by atoms with Crippen LogP contribution >= 0.6 is 0 Å². The first-order valence-electron chi connectivity index (χ1n) is 4.27. The van der Waals surface area contributed by atoms with Crippen molar-refractivity contribution in [3.63, 3.8) is 0 Å². The van der Waals surface area contributed by atoms with Gasteiger partial charge in [-0.25, -0.2) is 0 Å². The van der Waals surface area contributed by atoms with Crippen LogP contribution < -0.4 is 5.32 Å². The highest BCUT2D eigenvalue weighted by Crippen LogP contribution is 2.04. The first-order chi connectivity index (χ1) is 5.35. The standard InChI is InChI=1S/C8H19NO2/c1-2-8(3-5-10)7-9-4-6-11/h8-11H,2-7H2,1H3. The first kappa shape index (κ1) is 10.9. The molecule has 3 heteroatoms. The molecule has 1 unspecified atom stereocenters. The molecule has 11 heavy (non-hydrogen) atoms. The van der Waals surface area contributed by atoms with E-state index in [1.54, 1.807) is 0 Å². The first-order valence-corrected chi connectivity index (χ1v) is 4.27. The number of aliphatic hydroxyl groups is 2. The van der Waals surface area contributed by atoms with Crippen molar-refractivity contribution in [3.8, 4) is 0 Å². The van der Waals surface area contributed by atoms with Crippen LogP contribution in [0, 0.1) is 5.92 Å². The summed E-state index contributed by atoms with van der Waals surface area (Å²) in [6, 6.07) is 0. The fourth-order valence-electron chi connectivity index (χ4n) is 1.02. The number of hydrogen-bond donors (Lipinski definition) is 3. The van der Waals surface area contributed by atoms with Crippen molar-refractivity contribution in [2.24, 2.45) is 5.92 Å². The van der Waals surface area contributed by atoms with Crippen LogP contribution in [0.3, 0.4) is 0 Å². The van der Waals surface area contributed by atoms with Gasteiger partial charge in [-0.2, -0.15) is 0 Å². The van der Waals surface area contributed by atoms with E-state index in [2.05, 4.69) is 12.2 Å². The summed E-state index contributed by atoms with van der Waals surface area (Å²) in [4.78, 5) is 0. The van der Waals surface area contributed by atoms with Gasteiger partial charge in [0.1, 0.15) is 0 Å². The summed E-state index contributed by atoms with van der Waals surface area (Å²) in [6.07, 6.45) is 1.94. The van der Waals surface area contributed by atoms with E-state index in [-0.39, 0.29) is 13.2 Å². The van der Waals surface area contributed by atoms with Crippen molar-refractivity contribution in [3.05, 3.63) is 0 Å². The molecule has 0 rings (SSSR count). The van der Waals surface area contributed by atoms with E-state index < -0.39 is 0 Å². The van der Waals surface area contributed by atoms with Gasteiger partial charge >= 0.3 is 0 Å². The topological polar surface area (TPSA) is 52.5 Å². The second-order valence-electron chi connectivity index (χ2n) is 2.71. The highest BCUT2D eigenvalue weighted by atomic mass is 16.3. The molecule has 68 valence electrons. The lowest BCUT2D eigenvalue weighted by atomic mass is 10.0. The minimum atomic E-state index is 0.190. The summed E-state index contributed by atoms with van der Waals surface area (Å²) in [7, 11) is 0. The Hall–Kier alpha value is -0.120. The van der Waals surface area contributed by atoms with E-state index in [4.69, 9.17) is 10.2 Å². The Morgan fingerprint density at radius 3 is 2.45 bits per heavy atom. The zero-order chi connectivity index (χ0) is 8.53. The van der Waals surface area contributed by atoms with E-state index in [9.17, 15) is 0 Å². The zero-order valence-electron chi connectivity index (χ0n) is 7.21. The van der Waals surface area contributed by atoms with Crippen molar-refractivity contribution in [1.29, 1.82) is 0 Å². The SMILES string of the molecule is CCC(CCO)CNCCO. The Morgan fingerprint density at radius 1 is 1.27 bits per heavy atom. The molecule has 0 spiro atoms. The quantitative estimate of drug-likeness (QED) is 0.460. The fourth-order valence-corrected chi connectivity index (χ4v) is 1.02. The third kappa shape index (κ3) is 6.28. The monoisotopic (exact) mass is 161 g/mol. The maximum absolute atomic E-state index is 8.65. The van der Waals surface area contributed by atoms with Crippen molar-refractivity contribution in [1.82, 2.24) is 5.32 Å². The Balaban J connectivity index is 3.20. The van der Waals surface area contributed by atoms with Gasteiger partial charge < -0.3 is 15.5 Å². The molecule has 0 fully saturated rings. The van der Waals surface area contributed by atoms with Gasteiger partial charge in [0.2, 0.25) is 0 Å². The van der Waals surface area contributed by atoms with Crippen molar-refractivity contribution in [2.45, 2.75) is 19.8 Å². The molecule has 0 aromatic rings. The Labute approximate surface area is 68.4 Å². The third-order valence-corrected chi connectivity index (χ3v) is 1.84. The lowest BCUT2D eigenvalue weighted by molar-refractivity contribution is 0.245. The predicted molar refractivity (Wildman–Crippen MR) is 45.4 cm³/mol. The molecule has 0 saturated heterocycles. The van der Waals surface area contributed by atoms with Crippen LogP contribution in [0.4, 0.5) is 0 Å². The molecular weight excluding hydrogens is 142 g/mol. The molecule has 0 aromatic carbocycles. The van der Waals surface area contributed by atoms with Crippen LogP contribution in [0.25, 0.3) is 0 Å².